The smallest absolute Gasteiger partial charge is 0.0579 e. The number of aliphatic hydroxyl groups excluding tert-OH is 1. The summed E-state index contributed by atoms with van der Waals surface area (Å²) >= 11 is 0. The molecule has 0 radical (unpaired) electrons. The molecule has 1 aliphatic rings. The third-order valence-electron chi connectivity index (χ3n) is 4.84. The second-order valence-corrected chi connectivity index (χ2v) is 7.33. The monoisotopic (exact) mass is 354 g/mol. The van der Waals surface area contributed by atoms with Crippen LogP contribution in [0.25, 0.3) is 0 Å². The van der Waals surface area contributed by atoms with E-state index in [0.717, 1.165) is 19.1 Å². The van der Waals surface area contributed by atoms with Crippen molar-refractivity contribution in [1.82, 2.24) is 4.90 Å². The van der Waals surface area contributed by atoms with Crippen molar-refractivity contribution in [1.29, 1.82) is 0 Å². The average molecular weight is 355 g/mol. The lowest BCUT2D eigenvalue weighted by Gasteiger charge is -2.34. The molecule has 2 aromatic rings. The van der Waals surface area contributed by atoms with Crippen LogP contribution in [0.15, 0.2) is 60.7 Å². The topological polar surface area (TPSA) is 49.5 Å². The molecule has 2 aromatic carbocycles. The second kappa shape index (κ2) is 11.8. The Hall–Kier alpha value is -1.68. The molecular formula is C23H34N2O. The minimum Gasteiger partial charge on any atom is -0.395 e. The van der Waals surface area contributed by atoms with E-state index in [1.54, 1.807) is 6.92 Å². The summed E-state index contributed by atoms with van der Waals surface area (Å²) in [4.78, 5) is 2.68. The lowest BCUT2D eigenvalue weighted by molar-refractivity contribution is 0.140. The van der Waals surface area contributed by atoms with Gasteiger partial charge in [0.25, 0.3) is 0 Å². The Labute approximate surface area is 158 Å². The van der Waals surface area contributed by atoms with E-state index in [0.29, 0.717) is 0 Å². The Balaban J connectivity index is 0.000000431. The van der Waals surface area contributed by atoms with E-state index >= 15 is 0 Å². The largest absolute Gasteiger partial charge is 0.395 e. The van der Waals surface area contributed by atoms with Crippen molar-refractivity contribution in [2.24, 2.45) is 5.73 Å². The highest BCUT2D eigenvalue weighted by Crippen LogP contribution is 2.25. The summed E-state index contributed by atoms with van der Waals surface area (Å²) in [7, 11) is 0. The summed E-state index contributed by atoms with van der Waals surface area (Å²) in [5, 5.41) is 8.02. The first-order chi connectivity index (χ1) is 12.7. The van der Waals surface area contributed by atoms with Gasteiger partial charge in [-0.25, -0.2) is 0 Å². The van der Waals surface area contributed by atoms with Crippen molar-refractivity contribution < 1.29 is 5.11 Å². The molecule has 0 bridgehead atoms. The van der Waals surface area contributed by atoms with Crippen molar-refractivity contribution >= 4 is 0 Å². The van der Waals surface area contributed by atoms with Gasteiger partial charge in [-0.2, -0.15) is 0 Å². The fraction of sp³-hybridized carbons (Fsp3) is 0.478. The van der Waals surface area contributed by atoms with Crippen molar-refractivity contribution in [3.05, 3.63) is 71.8 Å². The summed E-state index contributed by atoms with van der Waals surface area (Å²) in [6, 6.07) is 22.5. The highest BCUT2D eigenvalue weighted by molar-refractivity contribution is 5.17. The number of hydrogen-bond acceptors (Lipinski definition) is 3. The number of aliphatic hydroxyl groups is 1. The van der Waals surface area contributed by atoms with Crippen molar-refractivity contribution in [2.45, 2.75) is 64.2 Å². The molecule has 142 valence electrons. The van der Waals surface area contributed by atoms with Gasteiger partial charge in [0, 0.05) is 25.2 Å². The van der Waals surface area contributed by atoms with Gasteiger partial charge >= 0.3 is 0 Å². The van der Waals surface area contributed by atoms with Gasteiger partial charge in [-0.1, -0.05) is 79.9 Å². The quantitative estimate of drug-likeness (QED) is 0.811. The number of nitrogens with two attached hydrogens (primary N) is 1. The van der Waals surface area contributed by atoms with Crippen LogP contribution >= 0.6 is 0 Å². The zero-order valence-corrected chi connectivity index (χ0v) is 16.1. The van der Waals surface area contributed by atoms with E-state index in [-0.39, 0.29) is 12.6 Å². The first kappa shape index (κ1) is 20.6. The molecule has 3 nitrogen and oxygen atoms in total. The van der Waals surface area contributed by atoms with E-state index in [1.165, 1.54) is 43.2 Å². The number of hydrogen-bond donors (Lipinski definition) is 2. The molecule has 3 heteroatoms. The molecule has 1 aliphatic carbocycles. The van der Waals surface area contributed by atoms with Gasteiger partial charge in [-0.3, -0.25) is 4.90 Å². The standard InChI is InChI=1S/C20H25N.C3H9NO/c1-4-10-18(11-5-1)16-21(20-14-8-3-9-15-20)17-19-12-6-2-7-13-19;1-3(4)2-5/h1-2,4-7,10-13,20H,3,8-9,14-17H2;3,5H,2,4H2,1H3. The van der Waals surface area contributed by atoms with Gasteiger partial charge in [0.2, 0.25) is 0 Å². The minimum absolute atomic E-state index is 0.0602. The van der Waals surface area contributed by atoms with Gasteiger partial charge in [0.1, 0.15) is 0 Å². The maximum atomic E-state index is 8.02. The summed E-state index contributed by atoms with van der Waals surface area (Å²) in [6.45, 7) is 3.97. The van der Waals surface area contributed by atoms with Crippen LogP contribution in [-0.2, 0) is 13.1 Å². The van der Waals surface area contributed by atoms with Crippen molar-refractivity contribution in [3.8, 4) is 0 Å². The fourth-order valence-electron chi connectivity index (χ4n) is 3.40. The maximum Gasteiger partial charge on any atom is 0.0579 e. The molecule has 0 heterocycles. The first-order valence-corrected chi connectivity index (χ1v) is 9.87. The van der Waals surface area contributed by atoms with E-state index in [1.807, 2.05) is 0 Å². The highest BCUT2D eigenvalue weighted by Gasteiger charge is 2.21. The maximum absolute atomic E-state index is 8.02. The zero-order valence-electron chi connectivity index (χ0n) is 16.1. The van der Waals surface area contributed by atoms with Crippen LogP contribution in [0.4, 0.5) is 0 Å². The van der Waals surface area contributed by atoms with Crippen LogP contribution in [0, 0.1) is 0 Å². The van der Waals surface area contributed by atoms with Crippen LogP contribution in [0.1, 0.15) is 50.2 Å². The third kappa shape index (κ3) is 7.69. The number of nitrogens with zero attached hydrogens (tertiary/aromatic N) is 1. The van der Waals surface area contributed by atoms with Gasteiger partial charge in [0.15, 0.2) is 0 Å². The van der Waals surface area contributed by atoms with Gasteiger partial charge in [0.05, 0.1) is 6.61 Å². The molecule has 0 amide bonds. The Bertz CT molecular complexity index is 538. The van der Waals surface area contributed by atoms with E-state index in [9.17, 15) is 0 Å². The lowest BCUT2D eigenvalue weighted by atomic mass is 9.93. The molecule has 0 aliphatic heterocycles. The molecule has 0 saturated heterocycles. The van der Waals surface area contributed by atoms with Crippen LogP contribution in [0.3, 0.4) is 0 Å². The van der Waals surface area contributed by atoms with Crippen LogP contribution in [0.5, 0.6) is 0 Å². The molecule has 3 N–H and O–H groups in total. The molecule has 0 spiro atoms. The first-order valence-electron chi connectivity index (χ1n) is 9.87. The normalized spacial score (nSPS) is 16.0. The predicted molar refractivity (Wildman–Crippen MR) is 110 cm³/mol. The summed E-state index contributed by atoms with van der Waals surface area (Å²) in [5.74, 6) is 0. The van der Waals surface area contributed by atoms with Gasteiger partial charge in [-0.15, -0.1) is 0 Å². The molecule has 26 heavy (non-hydrogen) atoms. The van der Waals surface area contributed by atoms with Crippen molar-refractivity contribution in [2.75, 3.05) is 6.61 Å². The van der Waals surface area contributed by atoms with Crippen LogP contribution in [-0.4, -0.2) is 28.7 Å². The van der Waals surface area contributed by atoms with E-state index in [4.69, 9.17) is 10.8 Å². The minimum atomic E-state index is -0.0602. The highest BCUT2D eigenvalue weighted by atomic mass is 16.3. The molecule has 3 rings (SSSR count). The number of rotatable bonds is 6. The van der Waals surface area contributed by atoms with Gasteiger partial charge < -0.3 is 10.8 Å². The molecular weight excluding hydrogens is 320 g/mol. The van der Waals surface area contributed by atoms with E-state index < -0.39 is 0 Å². The Morgan fingerprint density at radius 3 is 1.69 bits per heavy atom. The summed E-state index contributed by atoms with van der Waals surface area (Å²) in [6.07, 6.45) is 6.93. The molecule has 0 aromatic heterocycles. The third-order valence-corrected chi connectivity index (χ3v) is 4.84. The van der Waals surface area contributed by atoms with Crippen LogP contribution < -0.4 is 5.73 Å². The Morgan fingerprint density at radius 2 is 1.31 bits per heavy atom. The lowest BCUT2D eigenvalue weighted by Crippen LogP contribution is -2.35. The molecule has 1 unspecified atom stereocenters. The average Bonchev–Trinajstić information content (AvgIpc) is 2.70. The second-order valence-electron chi connectivity index (χ2n) is 7.33. The summed E-state index contributed by atoms with van der Waals surface area (Å²) in [5.41, 5.74) is 7.90. The number of benzene rings is 2. The van der Waals surface area contributed by atoms with Crippen molar-refractivity contribution in [3.63, 3.8) is 0 Å². The van der Waals surface area contributed by atoms with Crippen LogP contribution in [0.2, 0.25) is 0 Å². The van der Waals surface area contributed by atoms with Gasteiger partial charge in [-0.05, 0) is 30.9 Å². The molecule has 1 atom stereocenters. The molecule has 1 fully saturated rings. The summed E-state index contributed by atoms with van der Waals surface area (Å²) < 4.78 is 0. The Kier molecular flexibility index (Phi) is 9.40. The zero-order chi connectivity index (χ0) is 18.6. The Morgan fingerprint density at radius 1 is 0.885 bits per heavy atom. The fourth-order valence-corrected chi connectivity index (χ4v) is 3.40. The molecule has 1 saturated carbocycles. The SMILES string of the molecule is CC(N)CO.c1ccc(CN(Cc2ccccc2)C2CCCCC2)cc1. The van der Waals surface area contributed by atoms with E-state index in [2.05, 4.69) is 65.6 Å². The predicted octanol–water partition coefficient (Wildman–Crippen LogP) is 4.35.